The van der Waals surface area contributed by atoms with Crippen LogP contribution in [0.3, 0.4) is 0 Å². The van der Waals surface area contributed by atoms with Crippen molar-refractivity contribution in [3.8, 4) is 0 Å². The number of nitrogens with one attached hydrogen (secondary N) is 1. The first-order chi connectivity index (χ1) is 22.4. The molecular formula is C33H42FN5O7S. The lowest BCUT2D eigenvalue weighted by Gasteiger charge is -2.40. The summed E-state index contributed by atoms with van der Waals surface area (Å²) >= 11 is 0. The van der Waals surface area contributed by atoms with Crippen LogP contribution in [0.15, 0.2) is 35.2 Å². The summed E-state index contributed by atoms with van der Waals surface area (Å²) in [5.74, 6) is -0.355. The fraction of sp³-hybridized carbons (Fsp3) is 0.576. The summed E-state index contributed by atoms with van der Waals surface area (Å²) in [6, 6.07) is 7.89. The average Bonchev–Trinajstić information content (AvgIpc) is 3.48. The highest BCUT2D eigenvalue weighted by Gasteiger charge is 2.45. The van der Waals surface area contributed by atoms with Gasteiger partial charge in [0.25, 0.3) is 11.8 Å². The number of imide groups is 1. The van der Waals surface area contributed by atoms with Gasteiger partial charge in [0.15, 0.2) is 9.84 Å². The summed E-state index contributed by atoms with van der Waals surface area (Å²) in [5.41, 5.74) is 3.20. The van der Waals surface area contributed by atoms with E-state index >= 15 is 0 Å². The Morgan fingerprint density at radius 3 is 2.26 bits per heavy atom. The van der Waals surface area contributed by atoms with Crippen molar-refractivity contribution in [2.24, 2.45) is 5.92 Å². The Hall–Kier alpha value is -3.14. The van der Waals surface area contributed by atoms with E-state index in [-0.39, 0.29) is 16.9 Å². The Balaban J connectivity index is 0.939. The summed E-state index contributed by atoms with van der Waals surface area (Å²) in [7, 11) is -3.60. The molecule has 2 aromatic carbocycles. The molecule has 254 valence electrons. The molecule has 0 saturated carbocycles. The van der Waals surface area contributed by atoms with Crippen molar-refractivity contribution in [1.82, 2.24) is 15.1 Å². The zero-order valence-electron chi connectivity index (χ0n) is 26.4. The first kappa shape index (κ1) is 32.4. The number of rotatable bonds is 6. The number of hydrogen-bond acceptors (Lipinski definition) is 11. The SMILES string of the molecule is CS(=O)(=O)c1ccc(N2CCC(CN3CCN(c4ccc5c(c4)C(=O)N(C4CCC(O)NC4O)C5=O)CC3)CC2)c2c1[C@H](O)[C@@H](F)C2. The van der Waals surface area contributed by atoms with E-state index in [9.17, 15) is 37.7 Å². The molecule has 3 fully saturated rings. The second-order valence-electron chi connectivity index (χ2n) is 13.6. The third-order valence-electron chi connectivity index (χ3n) is 10.6. The number of sulfone groups is 1. The van der Waals surface area contributed by atoms with Crippen molar-refractivity contribution >= 4 is 33.0 Å². The molecule has 0 bridgehead atoms. The zero-order chi connectivity index (χ0) is 33.2. The van der Waals surface area contributed by atoms with Gasteiger partial charge in [0.2, 0.25) is 0 Å². The van der Waals surface area contributed by atoms with E-state index in [2.05, 4.69) is 20.0 Å². The minimum absolute atomic E-state index is 0.0123. The number of benzene rings is 2. The summed E-state index contributed by atoms with van der Waals surface area (Å²) in [6.07, 6.45) is -1.34. The summed E-state index contributed by atoms with van der Waals surface area (Å²) in [6.45, 7) is 5.77. The number of piperidine rings is 2. The van der Waals surface area contributed by atoms with Gasteiger partial charge in [-0.1, -0.05) is 0 Å². The van der Waals surface area contributed by atoms with E-state index in [1.165, 1.54) is 6.07 Å². The minimum Gasteiger partial charge on any atom is -0.385 e. The molecule has 3 unspecified atom stereocenters. The van der Waals surface area contributed by atoms with Crippen LogP contribution in [0.2, 0.25) is 0 Å². The molecule has 12 nitrogen and oxygen atoms in total. The van der Waals surface area contributed by atoms with Gasteiger partial charge in [0.05, 0.1) is 22.1 Å². The number of aliphatic hydroxyl groups excluding tert-OH is 3. The Morgan fingerprint density at radius 1 is 0.872 bits per heavy atom. The smallest absolute Gasteiger partial charge is 0.262 e. The molecule has 2 amide bonds. The topological polar surface area (TPSA) is 154 Å². The largest absolute Gasteiger partial charge is 0.385 e. The number of fused-ring (bicyclic) bond motifs is 2. The number of carbonyl (C=O) groups excluding carboxylic acids is 2. The normalized spacial score (nSPS) is 29.0. The molecule has 2 aromatic rings. The lowest BCUT2D eigenvalue weighted by atomic mass is 9.94. The van der Waals surface area contributed by atoms with Gasteiger partial charge in [-0.05, 0) is 67.5 Å². The van der Waals surface area contributed by atoms with Crippen molar-refractivity contribution in [3.05, 3.63) is 52.6 Å². The maximum atomic E-state index is 14.6. The van der Waals surface area contributed by atoms with Crippen molar-refractivity contribution in [1.29, 1.82) is 0 Å². The molecular weight excluding hydrogens is 629 g/mol. The lowest BCUT2D eigenvalue weighted by Crippen LogP contribution is -2.58. The molecule has 4 N–H and O–H groups in total. The van der Waals surface area contributed by atoms with Crippen molar-refractivity contribution in [2.75, 3.05) is 61.9 Å². The summed E-state index contributed by atoms with van der Waals surface area (Å²) < 4.78 is 39.2. The predicted molar refractivity (Wildman–Crippen MR) is 172 cm³/mol. The maximum Gasteiger partial charge on any atom is 0.262 e. The van der Waals surface area contributed by atoms with Gasteiger partial charge in [-0.2, -0.15) is 0 Å². The van der Waals surface area contributed by atoms with Gasteiger partial charge in [-0.3, -0.25) is 24.7 Å². The van der Waals surface area contributed by atoms with E-state index in [4.69, 9.17) is 0 Å². The molecule has 7 rings (SSSR count). The highest BCUT2D eigenvalue weighted by atomic mass is 32.2. The Morgan fingerprint density at radius 2 is 1.57 bits per heavy atom. The van der Waals surface area contributed by atoms with Crippen molar-refractivity contribution in [3.63, 3.8) is 0 Å². The van der Waals surface area contributed by atoms with E-state index < -0.39 is 52.4 Å². The third kappa shape index (κ3) is 5.93. The molecule has 4 aliphatic heterocycles. The van der Waals surface area contributed by atoms with Gasteiger partial charge in [0.1, 0.15) is 24.7 Å². The monoisotopic (exact) mass is 671 g/mol. The van der Waals surface area contributed by atoms with Crippen LogP contribution in [0.25, 0.3) is 0 Å². The molecule has 0 radical (unpaired) electrons. The van der Waals surface area contributed by atoms with Crippen LogP contribution in [0, 0.1) is 5.92 Å². The molecule has 14 heteroatoms. The molecule has 1 aliphatic carbocycles. The average molecular weight is 672 g/mol. The van der Waals surface area contributed by atoms with Crippen LogP contribution in [0.1, 0.15) is 63.6 Å². The van der Waals surface area contributed by atoms with E-state index in [0.717, 1.165) is 81.2 Å². The van der Waals surface area contributed by atoms with Gasteiger partial charge >= 0.3 is 0 Å². The lowest BCUT2D eigenvalue weighted by molar-refractivity contribution is -0.0413. The Labute approximate surface area is 273 Å². The molecule has 0 spiro atoms. The predicted octanol–water partition coefficient (Wildman–Crippen LogP) is 1.04. The second-order valence-corrected chi connectivity index (χ2v) is 15.6. The number of nitrogens with zero attached hydrogens (tertiary/aromatic N) is 4. The van der Waals surface area contributed by atoms with Gasteiger partial charge in [0, 0.05) is 75.4 Å². The zero-order valence-corrected chi connectivity index (χ0v) is 27.2. The van der Waals surface area contributed by atoms with Gasteiger partial charge in [-0.25, -0.2) is 12.8 Å². The maximum absolute atomic E-state index is 14.6. The number of halogens is 1. The van der Waals surface area contributed by atoms with Crippen molar-refractivity contribution in [2.45, 2.75) is 67.8 Å². The minimum atomic E-state index is -3.60. The molecule has 4 heterocycles. The van der Waals surface area contributed by atoms with Crippen LogP contribution < -0.4 is 15.1 Å². The number of carbonyl (C=O) groups is 2. The van der Waals surface area contributed by atoms with Crippen LogP contribution >= 0.6 is 0 Å². The number of alkyl halides is 1. The second kappa shape index (κ2) is 12.4. The summed E-state index contributed by atoms with van der Waals surface area (Å²) in [5, 5.41) is 33.2. The molecule has 47 heavy (non-hydrogen) atoms. The molecule has 5 aliphatic rings. The fourth-order valence-electron chi connectivity index (χ4n) is 8.08. The summed E-state index contributed by atoms with van der Waals surface area (Å²) in [4.78, 5) is 34.4. The number of hydrogen-bond donors (Lipinski definition) is 4. The quantitative estimate of drug-likeness (QED) is 0.326. The Kier molecular flexibility index (Phi) is 8.54. The fourth-order valence-corrected chi connectivity index (χ4v) is 9.04. The number of aliphatic hydroxyl groups is 3. The van der Waals surface area contributed by atoms with Crippen LogP contribution in [-0.4, -0.2) is 122 Å². The molecule has 3 saturated heterocycles. The standard InChI is InChI=1S/C33H42FN5O7S/c1-47(45,46)27-6-4-25(23-17-24(34)30(41)29(23)27)38-10-8-19(9-11-38)18-36-12-14-37(15-13-36)20-2-3-21-22(16-20)33(44)39(32(21)43)26-5-7-28(40)35-31(26)42/h2-4,6,16,19,24,26,28,30-31,35,40-42H,5,7-15,17-18H2,1H3/t24-,26?,28?,30+,31?/m0/s1. The van der Waals surface area contributed by atoms with Crippen LogP contribution in [-0.2, 0) is 16.3 Å². The first-order valence-corrected chi connectivity index (χ1v) is 18.3. The Bertz CT molecular complexity index is 1680. The highest BCUT2D eigenvalue weighted by Crippen LogP contribution is 2.43. The van der Waals surface area contributed by atoms with E-state index in [1.54, 1.807) is 18.2 Å². The first-order valence-electron chi connectivity index (χ1n) is 16.4. The van der Waals surface area contributed by atoms with Gasteiger partial charge < -0.3 is 25.1 Å². The molecule has 0 aromatic heterocycles. The van der Waals surface area contributed by atoms with Crippen molar-refractivity contribution < 1.29 is 37.7 Å². The number of amides is 2. The highest BCUT2D eigenvalue weighted by molar-refractivity contribution is 7.90. The molecule has 5 atom stereocenters. The van der Waals surface area contributed by atoms with E-state index in [0.29, 0.717) is 35.4 Å². The number of anilines is 2. The third-order valence-corrected chi connectivity index (χ3v) is 11.8. The van der Waals surface area contributed by atoms with Crippen LogP contribution in [0.5, 0.6) is 0 Å². The number of piperazine rings is 1. The van der Waals surface area contributed by atoms with E-state index in [1.807, 2.05) is 6.07 Å². The van der Waals surface area contributed by atoms with Crippen LogP contribution in [0.4, 0.5) is 15.8 Å². The van der Waals surface area contributed by atoms with Gasteiger partial charge in [-0.15, -0.1) is 0 Å².